The van der Waals surface area contributed by atoms with Gasteiger partial charge in [-0.2, -0.15) is 0 Å². The number of rotatable bonds is 5. The Morgan fingerprint density at radius 2 is 1.78 bits per heavy atom. The molecule has 0 unspecified atom stereocenters. The van der Waals surface area contributed by atoms with Gasteiger partial charge in [0.15, 0.2) is 6.61 Å². The summed E-state index contributed by atoms with van der Waals surface area (Å²) in [6.07, 6.45) is 0. The van der Waals surface area contributed by atoms with E-state index in [9.17, 15) is 9.59 Å². The predicted molar refractivity (Wildman–Crippen MR) is 89.5 cm³/mol. The Bertz CT molecular complexity index is 690. The monoisotopic (exact) mass is 314 g/mol. The fourth-order valence-electron chi connectivity index (χ4n) is 2.41. The zero-order chi connectivity index (χ0) is 17.0. The summed E-state index contributed by atoms with van der Waals surface area (Å²) < 4.78 is 6.93. The van der Waals surface area contributed by atoms with Crippen LogP contribution in [0, 0.1) is 6.92 Å². The lowest BCUT2D eigenvalue weighted by molar-refractivity contribution is -0.122. The molecule has 1 aromatic heterocycles. The molecule has 23 heavy (non-hydrogen) atoms. The van der Waals surface area contributed by atoms with E-state index in [1.54, 1.807) is 22.6 Å². The third-order valence-corrected chi connectivity index (χ3v) is 3.73. The number of aromatic nitrogens is 1. The summed E-state index contributed by atoms with van der Waals surface area (Å²) in [4.78, 5) is 26.2. The van der Waals surface area contributed by atoms with Crippen LogP contribution in [0.5, 0.6) is 0 Å². The normalized spacial score (nSPS) is 10.7. The van der Waals surface area contributed by atoms with Crippen LogP contribution in [-0.2, 0) is 16.6 Å². The molecular formula is C18H22N2O3. The summed E-state index contributed by atoms with van der Waals surface area (Å²) in [5, 5.41) is 0. The number of benzene rings is 1. The molecule has 0 radical (unpaired) electrons. The highest BCUT2D eigenvalue weighted by atomic mass is 16.5. The number of anilines is 1. The Labute approximate surface area is 136 Å². The molecule has 0 atom stereocenters. The minimum absolute atomic E-state index is 0.0270. The van der Waals surface area contributed by atoms with Gasteiger partial charge in [0, 0.05) is 24.5 Å². The second kappa shape index (κ2) is 7.13. The third kappa shape index (κ3) is 3.80. The van der Waals surface area contributed by atoms with E-state index in [-0.39, 0.29) is 18.6 Å². The van der Waals surface area contributed by atoms with Gasteiger partial charge in [0.05, 0.1) is 0 Å². The molecule has 2 rings (SSSR count). The molecule has 0 aliphatic heterocycles. The minimum atomic E-state index is -0.495. The molecule has 1 heterocycles. The van der Waals surface area contributed by atoms with Crippen LogP contribution < -0.4 is 4.90 Å². The maximum Gasteiger partial charge on any atom is 0.355 e. The number of carbonyl (C=O) groups is 2. The molecule has 1 aromatic carbocycles. The summed E-state index contributed by atoms with van der Waals surface area (Å²) in [7, 11) is 1.79. The number of hydrogen-bond donors (Lipinski definition) is 0. The molecule has 0 aliphatic carbocycles. The van der Waals surface area contributed by atoms with Gasteiger partial charge in [-0.25, -0.2) is 4.79 Å². The summed E-state index contributed by atoms with van der Waals surface area (Å²) in [5.74, 6) is -0.740. The first-order valence-electron chi connectivity index (χ1n) is 7.58. The van der Waals surface area contributed by atoms with Gasteiger partial charge < -0.3 is 14.2 Å². The molecule has 5 nitrogen and oxygen atoms in total. The molecule has 5 heteroatoms. The van der Waals surface area contributed by atoms with Crippen molar-refractivity contribution < 1.29 is 14.3 Å². The number of carbonyl (C=O) groups excluding carboxylic acids is 2. The van der Waals surface area contributed by atoms with Gasteiger partial charge >= 0.3 is 5.97 Å². The first-order valence-corrected chi connectivity index (χ1v) is 7.58. The molecule has 0 saturated carbocycles. The standard InChI is InChI=1S/C18H22N2O3/c1-13(2)20(15-8-6-5-7-9-15)17(21)12-23-18(22)16-11-10-14(3)19(16)4/h5-11,13H,12H2,1-4H3. The van der Waals surface area contributed by atoms with Crippen molar-refractivity contribution in [2.24, 2.45) is 7.05 Å². The van der Waals surface area contributed by atoms with Crippen molar-refractivity contribution in [2.45, 2.75) is 26.8 Å². The van der Waals surface area contributed by atoms with E-state index in [0.717, 1.165) is 11.4 Å². The number of amides is 1. The number of nitrogens with zero attached hydrogens (tertiary/aromatic N) is 2. The van der Waals surface area contributed by atoms with Crippen LogP contribution in [0.2, 0.25) is 0 Å². The highest BCUT2D eigenvalue weighted by Gasteiger charge is 2.21. The smallest absolute Gasteiger partial charge is 0.355 e. The first-order chi connectivity index (χ1) is 10.9. The highest BCUT2D eigenvalue weighted by Crippen LogP contribution is 2.17. The summed E-state index contributed by atoms with van der Waals surface area (Å²) >= 11 is 0. The number of hydrogen-bond acceptors (Lipinski definition) is 3. The van der Waals surface area contributed by atoms with E-state index in [1.165, 1.54) is 0 Å². The Morgan fingerprint density at radius 3 is 2.30 bits per heavy atom. The number of esters is 1. The third-order valence-electron chi connectivity index (χ3n) is 3.73. The van der Waals surface area contributed by atoms with Crippen molar-refractivity contribution in [1.29, 1.82) is 0 Å². The molecule has 0 fully saturated rings. The maximum atomic E-state index is 12.5. The molecule has 0 spiro atoms. The van der Waals surface area contributed by atoms with Crippen LogP contribution in [0.1, 0.15) is 30.0 Å². The second-order valence-electron chi connectivity index (χ2n) is 5.69. The number of ether oxygens (including phenoxy) is 1. The van der Waals surface area contributed by atoms with E-state index in [0.29, 0.717) is 5.69 Å². The van der Waals surface area contributed by atoms with E-state index in [4.69, 9.17) is 4.74 Å². The van der Waals surface area contributed by atoms with Gasteiger partial charge in [-0.3, -0.25) is 4.79 Å². The van der Waals surface area contributed by atoms with Crippen LogP contribution >= 0.6 is 0 Å². The largest absolute Gasteiger partial charge is 0.451 e. The number of aryl methyl sites for hydroxylation is 1. The topological polar surface area (TPSA) is 51.5 Å². The van der Waals surface area contributed by atoms with Crippen molar-refractivity contribution in [3.05, 3.63) is 53.9 Å². The Hall–Kier alpha value is -2.56. The Balaban J connectivity index is 2.05. The lowest BCUT2D eigenvalue weighted by Crippen LogP contribution is -2.40. The average molecular weight is 314 g/mol. The van der Waals surface area contributed by atoms with Gasteiger partial charge in [0.25, 0.3) is 5.91 Å². The Kier molecular flexibility index (Phi) is 5.21. The van der Waals surface area contributed by atoms with Gasteiger partial charge in [0.2, 0.25) is 0 Å². The van der Waals surface area contributed by atoms with Crippen LogP contribution in [-0.4, -0.2) is 29.1 Å². The van der Waals surface area contributed by atoms with Crippen molar-refractivity contribution >= 4 is 17.6 Å². The van der Waals surface area contributed by atoms with Crippen molar-refractivity contribution in [3.63, 3.8) is 0 Å². The summed E-state index contributed by atoms with van der Waals surface area (Å²) in [6, 6.07) is 12.9. The molecule has 0 N–H and O–H groups in total. The number of para-hydroxylation sites is 1. The van der Waals surface area contributed by atoms with E-state index in [1.807, 2.05) is 57.2 Å². The van der Waals surface area contributed by atoms with Gasteiger partial charge in [-0.1, -0.05) is 18.2 Å². The fraction of sp³-hybridized carbons (Fsp3) is 0.333. The molecule has 2 aromatic rings. The quantitative estimate of drug-likeness (QED) is 0.797. The molecule has 0 bridgehead atoms. The highest BCUT2D eigenvalue weighted by molar-refractivity contribution is 5.97. The van der Waals surface area contributed by atoms with E-state index in [2.05, 4.69) is 0 Å². The summed E-state index contributed by atoms with van der Waals surface area (Å²) in [6.45, 7) is 5.47. The van der Waals surface area contributed by atoms with Gasteiger partial charge in [-0.05, 0) is 45.0 Å². The molecule has 0 aliphatic rings. The maximum absolute atomic E-state index is 12.5. The molecule has 122 valence electrons. The van der Waals surface area contributed by atoms with Crippen molar-refractivity contribution in [3.8, 4) is 0 Å². The summed E-state index contributed by atoms with van der Waals surface area (Å²) in [5.41, 5.74) is 2.18. The average Bonchev–Trinajstić information content (AvgIpc) is 2.85. The Morgan fingerprint density at radius 1 is 1.13 bits per heavy atom. The van der Waals surface area contributed by atoms with Crippen LogP contribution in [0.3, 0.4) is 0 Å². The van der Waals surface area contributed by atoms with Crippen molar-refractivity contribution in [2.75, 3.05) is 11.5 Å². The molecule has 0 saturated heterocycles. The van der Waals surface area contributed by atoms with Gasteiger partial charge in [-0.15, -0.1) is 0 Å². The van der Waals surface area contributed by atoms with Crippen molar-refractivity contribution in [1.82, 2.24) is 4.57 Å². The minimum Gasteiger partial charge on any atom is -0.451 e. The second-order valence-corrected chi connectivity index (χ2v) is 5.69. The lowest BCUT2D eigenvalue weighted by atomic mass is 10.2. The molecular weight excluding hydrogens is 292 g/mol. The van der Waals surface area contributed by atoms with Crippen LogP contribution in [0.25, 0.3) is 0 Å². The zero-order valence-corrected chi connectivity index (χ0v) is 13.9. The van der Waals surface area contributed by atoms with Crippen LogP contribution in [0.4, 0.5) is 5.69 Å². The first kappa shape index (κ1) is 16.8. The lowest BCUT2D eigenvalue weighted by Gasteiger charge is -2.26. The van der Waals surface area contributed by atoms with Gasteiger partial charge in [0.1, 0.15) is 5.69 Å². The zero-order valence-electron chi connectivity index (χ0n) is 13.9. The van der Waals surface area contributed by atoms with E-state index < -0.39 is 5.97 Å². The van der Waals surface area contributed by atoms with E-state index >= 15 is 0 Å². The SMILES string of the molecule is Cc1ccc(C(=O)OCC(=O)N(c2ccccc2)C(C)C)n1C. The predicted octanol–water partition coefficient (Wildman–Crippen LogP) is 2.93. The fourth-order valence-corrected chi connectivity index (χ4v) is 2.41. The molecule has 1 amide bonds. The van der Waals surface area contributed by atoms with Crippen LogP contribution in [0.15, 0.2) is 42.5 Å².